The molecule has 0 aliphatic carbocycles. The first kappa shape index (κ1) is 16.6. The molecule has 1 aromatic carbocycles. The largest absolute Gasteiger partial charge is 0.306 e. The molecule has 0 N–H and O–H groups in total. The monoisotopic (exact) mass is 297 g/mol. The molecular weight excluding hydrogens is 270 g/mol. The van der Waals surface area contributed by atoms with Gasteiger partial charge >= 0.3 is 0 Å². The summed E-state index contributed by atoms with van der Waals surface area (Å²) in [6, 6.07) is 10.6. The molecule has 3 rings (SSSR count). The average Bonchev–Trinajstić information content (AvgIpc) is 2.60. The first-order valence-corrected chi connectivity index (χ1v) is 8.24. The van der Waals surface area contributed by atoms with Gasteiger partial charge in [0.05, 0.1) is 0 Å². The highest BCUT2D eigenvalue weighted by molar-refractivity contribution is 5.55. The zero-order valence-corrected chi connectivity index (χ0v) is 14.2. The number of benzene rings is 1. The molecule has 1 saturated heterocycles. The standard InChI is InChI=1S/C17H21N3.C2H6/c1-17(8-12-20(2)13-9-17)15-6-4-14(5-7-15)16-18-10-3-11-19-16;1-2/h3-7,10-11H,8-9,12-13H2,1-2H3;1-2H3. The maximum atomic E-state index is 4.30. The summed E-state index contributed by atoms with van der Waals surface area (Å²) >= 11 is 0. The van der Waals surface area contributed by atoms with Gasteiger partial charge in [-0.1, -0.05) is 45.0 Å². The number of rotatable bonds is 2. The van der Waals surface area contributed by atoms with Gasteiger partial charge in [-0.3, -0.25) is 0 Å². The molecule has 3 heteroatoms. The van der Waals surface area contributed by atoms with Crippen LogP contribution >= 0.6 is 0 Å². The van der Waals surface area contributed by atoms with Crippen molar-refractivity contribution in [2.24, 2.45) is 0 Å². The van der Waals surface area contributed by atoms with Gasteiger partial charge in [0.15, 0.2) is 5.82 Å². The summed E-state index contributed by atoms with van der Waals surface area (Å²) in [5.74, 6) is 0.799. The molecule has 22 heavy (non-hydrogen) atoms. The predicted octanol–water partition coefficient (Wildman–Crippen LogP) is 4.15. The van der Waals surface area contributed by atoms with E-state index in [2.05, 4.69) is 53.1 Å². The van der Waals surface area contributed by atoms with Gasteiger partial charge in [-0.2, -0.15) is 0 Å². The summed E-state index contributed by atoms with van der Waals surface area (Å²) in [6.07, 6.45) is 6.03. The van der Waals surface area contributed by atoms with Gasteiger partial charge in [-0.25, -0.2) is 9.97 Å². The van der Waals surface area contributed by atoms with Crippen molar-refractivity contribution in [3.8, 4) is 11.4 Å². The summed E-state index contributed by atoms with van der Waals surface area (Å²) in [6.45, 7) is 8.74. The minimum atomic E-state index is 0.308. The second-order valence-electron chi connectivity index (χ2n) is 6.01. The molecule has 0 amide bonds. The van der Waals surface area contributed by atoms with E-state index in [1.54, 1.807) is 12.4 Å². The molecule has 1 fully saturated rings. The molecule has 3 nitrogen and oxygen atoms in total. The second kappa shape index (κ2) is 7.50. The second-order valence-corrected chi connectivity index (χ2v) is 6.01. The maximum absolute atomic E-state index is 4.30. The molecule has 0 saturated carbocycles. The van der Waals surface area contributed by atoms with Crippen molar-refractivity contribution in [2.45, 2.75) is 39.0 Å². The molecule has 0 unspecified atom stereocenters. The van der Waals surface area contributed by atoms with Crippen LogP contribution in [0.4, 0.5) is 0 Å². The normalized spacial score (nSPS) is 17.5. The highest BCUT2D eigenvalue weighted by Gasteiger charge is 2.30. The van der Waals surface area contributed by atoms with Crippen LogP contribution in [-0.2, 0) is 5.41 Å². The van der Waals surface area contributed by atoms with Crippen LogP contribution in [0, 0.1) is 0 Å². The van der Waals surface area contributed by atoms with Gasteiger partial charge < -0.3 is 4.90 Å². The molecule has 0 radical (unpaired) electrons. The van der Waals surface area contributed by atoms with E-state index in [0.717, 1.165) is 11.4 Å². The fourth-order valence-electron chi connectivity index (χ4n) is 2.87. The lowest BCUT2D eigenvalue weighted by atomic mass is 9.74. The van der Waals surface area contributed by atoms with E-state index >= 15 is 0 Å². The Morgan fingerprint density at radius 2 is 1.50 bits per heavy atom. The Bertz CT molecular complexity index is 555. The fraction of sp³-hybridized carbons (Fsp3) is 0.474. The smallest absolute Gasteiger partial charge is 0.159 e. The van der Waals surface area contributed by atoms with Crippen molar-refractivity contribution in [1.29, 1.82) is 0 Å². The molecule has 1 aliphatic rings. The zero-order chi connectivity index (χ0) is 16.0. The van der Waals surface area contributed by atoms with E-state index in [9.17, 15) is 0 Å². The summed E-state index contributed by atoms with van der Waals surface area (Å²) in [7, 11) is 2.20. The first-order chi connectivity index (χ1) is 10.7. The molecule has 1 aliphatic heterocycles. The number of piperidine rings is 1. The van der Waals surface area contributed by atoms with Crippen molar-refractivity contribution < 1.29 is 0 Å². The number of aromatic nitrogens is 2. The maximum Gasteiger partial charge on any atom is 0.159 e. The Balaban J connectivity index is 0.000000847. The topological polar surface area (TPSA) is 29.0 Å². The van der Waals surface area contributed by atoms with Crippen molar-refractivity contribution in [3.05, 3.63) is 48.3 Å². The lowest BCUT2D eigenvalue weighted by molar-refractivity contribution is 0.200. The third kappa shape index (κ3) is 3.72. The third-order valence-corrected chi connectivity index (χ3v) is 4.50. The number of nitrogens with zero attached hydrogens (tertiary/aromatic N) is 3. The van der Waals surface area contributed by atoms with E-state index in [4.69, 9.17) is 0 Å². The van der Waals surface area contributed by atoms with E-state index in [-0.39, 0.29) is 0 Å². The minimum absolute atomic E-state index is 0.308. The molecule has 1 aromatic heterocycles. The minimum Gasteiger partial charge on any atom is -0.306 e. The summed E-state index contributed by atoms with van der Waals surface area (Å²) < 4.78 is 0. The Morgan fingerprint density at radius 1 is 0.955 bits per heavy atom. The SMILES string of the molecule is CC.CN1CCC(C)(c2ccc(-c3ncccn3)cc2)CC1. The number of hydrogen-bond donors (Lipinski definition) is 0. The van der Waals surface area contributed by atoms with Gasteiger partial charge in [0.25, 0.3) is 0 Å². The Morgan fingerprint density at radius 3 is 2.05 bits per heavy atom. The quantitative estimate of drug-likeness (QED) is 0.833. The number of likely N-dealkylation sites (tertiary alicyclic amines) is 1. The van der Waals surface area contributed by atoms with E-state index < -0.39 is 0 Å². The van der Waals surface area contributed by atoms with Crippen molar-refractivity contribution >= 4 is 0 Å². The summed E-state index contributed by atoms with van der Waals surface area (Å²) in [4.78, 5) is 11.0. The summed E-state index contributed by atoms with van der Waals surface area (Å²) in [5.41, 5.74) is 2.83. The lowest BCUT2D eigenvalue weighted by Crippen LogP contribution is -2.38. The zero-order valence-electron chi connectivity index (χ0n) is 14.2. The van der Waals surface area contributed by atoms with Gasteiger partial charge in [0.2, 0.25) is 0 Å². The molecule has 2 heterocycles. The van der Waals surface area contributed by atoms with Crippen LogP contribution < -0.4 is 0 Å². The fourth-order valence-corrected chi connectivity index (χ4v) is 2.87. The molecule has 0 bridgehead atoms. The predicted molar refractivity (Wildman–Crippen MR) is 92.9 cm³/mol. The van der Waals surface area contributed by atoms with Crippen LogP contribution in [0.1, 0.15) is 39.2 Å². The van der Waals surface area contributed by atoms with Crippen molar-refractivity contribution in [2.75, 3.05) is 20.1 Å². The van der Waals surface area contributed by atoms with E-state index in [0.29, 0.717) is 5.41 Å². The summed E-state index contributed by atoms with van der Waals surface area (Å²) in [5, 5.41) is 0. The van der Waals surface area contributed by atoms with Crippen LogP contribution in [0.25, 0.3) is 11.4 Å². The van der Waals surface area contributed by atoms with Gasteiger partial charge in [0, 0.05) is 18.0 Å². The first-order valence-electron chi connectivity index (χ1n) is 8.24. The van der Waals surface area contributed by atoms with E-state index in [1.807, 2.05) is 19.9 Å². The molecule has 2 aromatic rings. The van der Waals surface area contributed by atoms with Crippen LogP contribution in [0.15, 0.2) is 42.7 Å². The van der Waals surface area contributed by atoms with Crippen LogP contribution in [0.3, 0.4) is 0 Å². The van der Waals surface area contributed by atoms with Crippen molar-refractivity contribution in [3.63, 3.8) is 0 Å². The Kier molecular flexibility index (Phi) is 5.67. The molecule has 0 spiro atoms. The Hall–Kier alpha value is -1.74. The van der Waals surface area contributed by atoms with Crippen LogP contribution in [0.2, 0.25) is 0 Å². The van der Waals surface area contributed by atoms with Crippen LogP contribution in [-0.4, -0.2) is 35.0 Å². The lowest BCUT2D eigenvalue weighted by Gasteiger charge is -2.38. The Labute approximate surface area is 134 Å². The van der Waals surface area contributed by atoms with Gasteiger partial charge in [-0.15, -0.1) is 0 Å². The van der Waals surface area contributed by atoms with Gasteiger partial charge in [-0.05, 0) is 50.0 Å². The average molecular weight is 297 g/mol. The molecule has 118 valence electrons. The highest BCUT2D eigenvalue weighted by atomic mass is 15.1. The molecular formula is C19H27N3. The van der Waals surface area contributed by atoms with Gasteiger partial charge in [0.1, 0.15) is 0 Å². The van der Waals surface area contributed by atoms with Crippen LogP contribution in [0.5, 0.6) is 0 Å². The highest BCUT2D eigenvalue weighted by Crippen LogP contribution is 2.35. The molecule has 0 atom stereocenters. The number of hydrogen-bond acceptors (Lipinski definition) is 3. The third-order valence-electron chi connectivity index (χ3n) is 4.50. The van der Waals surface area contributed by atoms with Crippen molar-refractivity contribution in [1.82, 2.24) is 14.9 Å². The van der Waals surface area contributed by atoms with E-state index in [1.165, 1.54) is 31.5 Å².